The predicted octanol–water partition coefficient (Wildman–Crippen LogP) is 2.73. The second kappa shape index (κ2) is 5.55. The van der Waals surface area contributed by atoms with Crippen molar-refractivity contribution < 1.29 is 8.42 Å². The SMILES string of the molecule is Cc1cc(C)c(S(=O)(=O)NCc2cccs2)c(C)c1N. The summed E-state index contributed by atoms with van der Waals surface area (Å²) in [7, 11) is -3.56. The molecule has 0 unspecified atom stereocenters. The van der Waals surface area contributed by atoms with E-state index in [1.807, 2.05) is 30.5 Å². The van der Waals surface area contributed by atoms with E-state index in [9.17, 15) is 8.42 Å². The molecule has 2 rings (SSSR count). The quantitative estimate of drug-likeness (QED) is 0.853. The van der Waals surface area contributed by atoms with Crippen LogP contribution >= 0.6 is 11.3 Å². The van der Waals surface area contributed by atoms with E-state index in [1.165, 1.54) is 11.3 Å². The lowest BCUT2D eigenvalue weighted by Crippen LogP contribution is -2.25. The summed E-state index contributed by atoms with van der Waals surface area (Å²) in [5.74, 6) is 0. The summed E-state index contributed by atoms with van der Waals surface area (Å²) in [6, 6.07) is 5.60. The van der Waals surface area contributed by atoms with Crippen molar-refractivity contribution in [1.29, 1.82) is 0 Å². The molecule has 0 aliphatic rings. The molecule has 108 valence electrons. The van der Waals surface area contributed by atoms with E-state index < -0.39 is 10.0 Å². The zero-order chi connectivity index (χ0) is 14.9. The lowest BCUT2D eigenvalue weighted by molar-refractivity contribution is 0.580. The molecule has 0 fully saturated rings. The third kappa shape index (κ3) is 2.87. The number of thiophene rings is 1. The van der Waals surface area contributed by atoms with Crippen molar-refractivity contribution >= 4 is 27.0 Å². The molecule has 4 nitrogen and oxygen atoms in total. The minimum absolute atomic E-state index is 0.289. The van der Waals surface area contributed by atoms with Gasteiger partial charge in [0.15, 0.2) is 0 Å². The smallest absolute Gasteiger partial charge is 0.241 e. The topological polar surface area (TPSA) is 72.2 Å². The maximum absolute atomic E-state index is 12.5. The van der Waals surface area contributed by atoms with Crippen molar-refractivity contribution in [3.05, 3.63) is 45.1 Å². The standard InChI is InChI=1S/C14H18N2O2S2/c1-9-7-10(2)14(11(3)13(9)15)20(17,18)16-8-12-5-4-6-19-12/h4-7,16H,8,15H2,1-3H3. The molecule has 2 aromatic rings. The van der Waals surface area contributed by atoms with Crippen molar-refractivity contribution in [1.82, 2.24) is 4.72 Å². The van der Waals surface area contributed by atoms with E-state index in [2.05, 4.69) is 4.72 Å². The molecule has 1 heterocycles. The van der Waals surface area contributed by atoms with Crippen LogP contribution in [0.3, 0.4) is 0 Å². The summed E-state index contributed by atoms with van der Waals surface area (Å²) in [6.45, 7) is 5.71. The molecule has 0 radical (unpaired) electrons. The number of rotatable bonds is 4. The molecule has 20 heavy (non-hydrogen) atoms. The lowest BCUT2D eigenvalue weighted by Gasteiger charge is -2.15. The van der Waals surface area contributed by atoms with Crippen molar-refractivity contribution in [2.45, 2.75) is 32.2 Å². The highest BCUT2D eigenvalue weighted by atomic mass is 32.2. The monoisotopic (exact) mass is 310 g/mol. The zero-order valence-corrected chi connectivity index (χ0v) is 13.4. The number of aryl methyl sites for hydroxylation is 2. The highest BCUT2D eigenvalue weighted by molar-refractivity contribution is 7.89. The first-order valence-electron chi connectivity index (χ1n) is 6.21. The van der Waals surface area contributed by atoms with Gasteiger partial charge in [-0.1, -0.05) is 12.1 Å². The Kier molecular flexibility index (Phi) is 4.17. The third-order valence-corrected chi connectivity index (χ3v) is 5.81. The number of anilines is 1. The van der Waals surface area contributed by atoms with Crippen LogP contribution in [0.1, 0.15) is 21.6 Å². The van der Waals surface area contributed by atoms with Crippen LogP contribution in [0.15, 0.2) is 28.5 Å². The van der Waals surface area contributed by atoms with Gasteiger partial charge in [-0.15, -0.1) is 11.3 Å². The number of hydrogen-bond donors (Lipinski definition) is 2. The fourth-order valence-corrected chi connectivity index (χ4v) is 4.47. The lowest BCUT2D eigenvalue weighted by atomic mass is 10.1. The Hall–Kier alpha value is -1.37. The summed E-state index contributed by atoms with van der Waals surface area (Å²) < 4.78 is 27.6. The Morgan fingerprint density at radius 1 is 1.25 bits per heavy atom. The van der Waals surface area contributed by atoms with E-state index in [0.717, 1.165) is 10.4 Å². The molecule has 0 saturated carbocycles. The van der Waals surface area contributed by atoms with Crippen LogP contribution in [0, 0.1) is 20.8 Å². The number of benzene rings is 1. The highest BCUT2D eigenvalue weighted by Crippen LogP contribution is 2.28. The summed E-state index contributed by atoms with van der Waals surface area (Å²) in [5.41, 5.74) is 8.71. The first kappa shape index (κ1) is 15.0. The van der Waals surface area contributed by atoms with Crippen molar-refractivity contribution in [3.63, 3.8) is 0 Å². The van der Waals surface area contributed by atoms with E-state index in [0.29, 0.717) is 23.4 Å². The Bertz CT molecular complexity index is 720. The molecule has 6 heteroatoms. The van der Waals surface area contributed by atoms with Crippen LogP contribution in [-0.2, 0) is 16.6 Å². The molecule has 0 aliphatic heterocycles. The molecule has 1 aromatic heterocycles. The van der Waals surface area contributed by atoms with Crippen LogP contribution in [0.2, 0.25) is 0 Å². The molecule has 0 atom stereocenters. The first-order valence-corrected chi connectivity index (χ1v) is 8.57. The molecule has 0 saturated heterocycles. The van der Waals surface area contributed by atoms with Gasteiger partial charge in [0.25, 0.3) is 0 Å². The number of nitrogens with two attached hydrogens (primary N) is 1. The molecular formula is C14H18N2O2S2. The van der Waals surface area contributed by atoms with Crippen LogP contribution < -0.4 is 10.5 Å². The van der Waals surface area contributed by atoms with Gasteiger partial charge in [0.05, 0.1) is 4.90 Å². The number of hydrogen-bond acceptors (Lipinski definition) is 4. The van der Waals surface area contributed by atoms with Gasteiger partial charge < -0.3 is 5.73 Å². The molecule has 1 aromatic carbocycles. The van der Waals surface area contributed by atoms with Gasteiger partial charge in [0.2, 0.25) is 10.0 Å². The van der Waals surface area contributed by atoms with E-state index in [1.54, 1.807) is 13.8 Å². The van der Waals surface area contributed by atoms with E-state index in [4.69, 9.17) is 5.73 Å². The molecule has 0 amide bonds. The van der Waals surface area contributed by atoms with Gasteiger partial charge in [0.1, 0.15) is 0 Å². The maximum Gasteiger partial charge on any atom is 0.241 e. The number of sulfonamides is 1. The fraction of sp³-hybridized carbons (Fsp3) is 0.286. The molecule has 3 N–H and O–H groups in total. The van der Waals surface area contributed by atoms with Crippen LogP contribution in [0.5, 0.6) is 0 Å². The molecule has 0 bridgehead atoms. The average molecular weight is 310 g/mol. The molecule has 0 aliphatic carbocycles. The van der Waals surface area contributed by atoms with Crippen LogP contribution in [0.4, 0.5) is 5.69 Å². The molecule has 0 spiro atoms. The second-order valence-electron chi connectivity index (χ2n) is 4.78. The van der Waals surface area contributed by atoms with Crippen molar-refractivity contribution in [3.8, 4) is 0 Å². The van der Waals surface area contributed by atoms with Crippen LogP contribution in [-0.4, -0.2) is 8.42 Å². The Morgan fingerprint density at radius 3 is 2.55 bits per heavy atom. The van der Waals surface area contributed by atoms with Gasteiger partial charge in [-0.05, 0) is 48.9 Å². The van der Waals surface area contributed by atoms with Gasteiger partial charge >= 0.3 is 0 Å². The van der Waals surface area contributed by atoms with Crippen molar-refractivity contribution in [2.24, 2.45) is 0 Å². The maximum atomic E-state index is 12.5. The molecular weight excluding hydrogens is 292 g/mol. The van der Waals surface area contributed by atoms with Crippen LogP contribution in [0.25, 0.3) is 0 Å². The summed E-state index contributed by atoms with van der Waals surface area (Å²) >= 11 is 1.52. The largest absolute Gasteiger partial charge is 0.398 e. The van der Waals surface area contributed by atoms with Gasteiger partial charge in [0, 0.05) is 17.1 Å². The average Bonchev–Trinajstić information content (AvgIpc) is 2.86. The Labute approximate surface area is 123 Å². The van der Waals surface area contributed by atoms with E-state index >= 15 is 0 Å². The van der Waals surface area contributed by atoms with Gasteiger partial charge in [-0.25, -0.2) is 13.1 Å². The third-order valence-electron chi connectivity index (χ3n) is 3.25. The number of nitrogen functional groups attached to an aromatic ring is 1. The van der Waals surface area contributed by atoms with Gasteiger partial charge in [-0.3, -0.25) is 0 Å². The Balaban J connectivity index is 2.37. The van der Waals surface area contributed by atoms with E-state index in [-0.39, 0.29) is 4.90 Å². The minimum Gasteiger partial charge on any atom is -0.398 e. The second-order valence-corrected chi connectivity index (χ2v) is 7.52. The first-order chi connectivity index (χ1) is 9.33. The number of nitrogens with one attached hydrogen (secondary N) is 1. The summed E-state index contributed by atoms with van der Waals surface area (Å²) in [5, 5.41) is 1.92. The predicted molar refractivity (Wildman–Crippen MR) is 83.4 cm³/mol. The van der Waals surface area contributed by atoms with Crippen molar-refractivity contribution in [2.75, 3.05) is 5.73 Å². The van der Waals surface area contributed by atoms with Gasteiger partial charge in [-0.2, -0.15) is 0 Å². The minimum atomic E-state index is -3.56. The highest BCUT2D eigenvalue weighted by Gasteiger charge is 2.21. The summed E-state index contributed by atoms with van der Waals surface area (Å²) in [4.78, 5) is 1.26. The zero-order valence-electron chi connectivity index (χ0n) is 11.7. The normalized spacial score (nSPS) is 11.8. The fourth-order valence-electron chi connectivity index (χ4n) is 2.25. The Morgan fingerprint density at radius 2 is 1.95 bits per heavy atom. The summed E-state index contributed by atoms with van der Waals surface area (Å²) in [6.07, 6.45) is 0.